The molecule has 0 fully saturated rings. The molecule has 1 aliphatic carbocycles. The first-order valence-electron chi connectivity index (χ1n) is 14.4. The van der Waals surface area contributed by atoms with Gasteiger partial charge in [-0.2, -0.15) is 0 Å². The molecule has 1 unspecified atom stereocenters. The average molecular weight is 528 g/mol. The molecule has 3 aliphatic rings. The third-order valence-corrected chi connectivity index (χ3v) is 8.72. The second-order valence-electron chi connectivity index (χ2n) is 11.4. The molecule has 2 aliphatic heterocycles. The van der Waals surface area contributed by atoms with Crippen LogP contribution in [-0.2, 0) is 0 Å². The Hall–Kier alpha value is -4.76. The van der Waals surface area contributed by atoms with Gasteiger partial charge in [-0.05, 0) is 99.6 Å². The number of fused-ring (bicyclic) bond motifs is 3. The van der Waals surface area contributed by atoms with Gasteiger partial charge in [-0.15, -0.1) is 0 Å². The van der Waals surface area contributed by atoms with E-state index in [2.05, 4.69) is 135 Å². The summed E-state index contributed by atoms with van der Waals surface area (Å²) in [7, 11) is 0. The largest absolute Gasteiger partial charge is 0.462 e. The van der Waals surface area contributed by atoms with Gasteiger partial charge in [0.2, 0.25) is 0 Å². The van der Waals surface area contributed by atoms with Crippen LogP contribution in [0, 0.1) is 12.8 Å². The zero-order chi connectivity index (χ0) is 27.5. The van der Waals surface area contributed by atoms with E-state index < -0.39 is 0 Å². The van der Waals surface area contributed by atoms with Crippen molar-refractivity contribution >= 4 is 17.6 Å². The molecule has 5 aromatic carbocycles. The molecule has 0 bridgehead atoms. The lowest BCUT2D eigenvalue weighted by Gasteiger charge is -2.36. The molecule has 0 saturated heterocycles. The van der Waals surface area contributed by atoms with Crippen LogP contribution in [0.2, 0.25) is 0 Å². The van der Waals surface area contributed by atoms with Crippen LogP contribution in [0.3, 0.4) is 0 Å². The van der Waals surface area contributed by atoms with E-state index in [1.165, 1.54) is 38.8 Å². The normalized spacial score (nSPS) is 16.3. The summed E-state index contributed by atoms with van der Waals surface area (Å²) >= 11 is 0. The second-order valence-corrected chi connectivity index (χ2v) is 11.4. The number of para-hydroxylation sites is 1. The van der Waals surface area contributed by atoms with Gasteiger partial charge >= 0.3 is 0 Å². The molecule has 0 radical (unpaired) electrons. The predicted molar refractivity (Wildman–Crippen MR) is 170 cm³/mol. The SMILES string of the molecule is Cc1ccccc1-c1cc(-c2ccccc2)cc(-c2cc3c4c(c2)Oc2ccccc2B4C2=C(O3)C(C)CC=C2)c1. The van der Waals surface area contributed by atoms with Crippen LogP contribution < -0.4 is 20.4 Å². The predicted octanol–water partition coefficient (Wildman–Crippen LogP) is 8.49. The van der Waals surface area contributed by atoms with Crippen molar-refractivity contribution in [3.05, 3.63) is 138 Å². The summed E-state index contributed by atoms with van der Waals surface area (Å²) in [6, 6.07) is 39.0. The Morgan fingerprint density at radius 1 is 0.634 bits per heavy atom. The Balaban J connectivity index is 1.35. The third kappa shape index (κ3) is 3.95. The first-order chi connectivity index (χ1) is 20.1. The van der Waals surface area contributed by atoms with Crippen LogP contribution in [0.5, 0.6) is 17.2 Å². The summed E-state index contributed by atoms with van der Waals surface area (Å²) in [6.07, 6.45) is 5.54. The van der Waals surface area contributed by atoms with Crippen molar-refractivity contribution in [1.82, 2.24) is 0 Å². The molecule has 0 spiro atoms. The Morgan fingerprint density at radius 2 is 1.29 bits per heavy atom. The van der Waals surface area contributed by atoms with Gasteiger partial charge in [0.1, 0.15) is 23.0 Å². The monoisotopic (exact) mass is 528 g/mol. The standard InChI is InChI=1S/C38H29BO2/c1-24-11-6-7-15-31(24)30-20-27(26-13-4-3-5-14-26)19-28(21-30)29-22-35-37-36(23-29)41-38-25(2)12-10-17-33(38)39(37)32-16-8-9-18-34(32)40-35/h3-11,13-23,25H,12H2,1-2H3. The van der Waals surface area contributed by atoms with Crippen molar-refractivity contribution in [2.45, 2.75) is 20.3 Å². The molecule has 0 saturated carbocycles. The van der Waals surface area contributed by atoms with Crippen molar-refractivity contribution in [2.75, 3.05) is 0 Å². The van der Waals surface area contributed by atoms with Crippen molar-refractivity contribution in [3.8, 4) is 50.6 Å². The van der Waals surface area contributed by atoms with Gasteiger partial charge in [0.05, 0.1) is 0 Å². The second kappa shape index (κ2) is 9.42. The quantitative estimate of drug-likeness (QED) is 0.219. The maximum Gasteiger partial charge on any atom is 0.260 e. The van der Waals surface area contributed by atoms with E-state index in [-0.39, 0.29) is 6.71 Å². The number of aryl methyl sites for hydroxylation is 1. The van der Waals surface area contributed by atoms with E-state index in [4.69, 9.17) is 9.47 Å². The molecular formula is C38H29BO2. The van der Waals surface area contributed by atoms with E-state index in [1.807, 2.05) is 0 Å². The first-order valence-corrected chi connectivity index (χ1v) is 14.4. The lowest BCUT2D eigenvalue weighted by atomic mass is 9.33. The number of benzene rings is 5. The molecule has 2 nitrogen and oxygen atoms in total. The summed E-state index contributed by atoms with van der Waals surface area (Å²) in [5.74, 6) is 4.12. The molecule has 8 rings (SSSR count). The number of hydrogen-bond donors (Lipinski definition) is 0. The van der Waals surface area contributed by atoms with Gasteiger partial charge in [0, 0.05) is 11.4 Å². The summed E-state index contributed by atoms with van der Waals surface area (Å²) in [5, 5.41) is 0. The summed E-state index contributed by atoms with van der Waals surface area (Å²) < 4.78 is 13.4. The maximum absolute atomic E-state index is 6.77. The van der Waals surface area contributed by atoms with Crippen LogP contribution >= 0.6 is 0 Å². The molecule has 0 aromatic heterocycles. The molecule has 1 atom stereocenters. The van der Waals surface area contributed by atoms with Crippen LogP contribution in [0.4, 0.5) is 0 Å². The minimum Gasteiger partial charge on any atom is -0.462 e. The van der Waals surface area contributed by atoms with Crippen molar-refractivity contribution in [3.63, 3.8) is 0 Å². The van der Waals surface area contributed by atoms with Crippen LogP contribution in [0.15, 0.2) is 133 Å². The highest BCUT2D eigenvalue weighted by molar-refractivity contribution is 6.93. The Kier molecular flexibility index (Phi) is 5.53. The van der Waals surface area contributed by atoms with Gasteiger partial charge in [-0.1, -0.05) is 91.9 Å². The van der Waals surface area contributed by atoms with Crippen LogP contribution in [0.25, 0.3) is 33.4 Å². The van der Waals surface area contributed by atoms with Crippen molar-refractivity contribution in [2.24, 2.45) is 5.92 Å². The summed E-state index contributed by atoms with van der Waals surface area (Å²) in [6.45, 7) is 4.55. The highest BCUT2D eigenvalue weighted by Crippen LogP contribution is 2.43. The minimum absolute atomic E-state index is 0.111. The Bertz CT molecular complexity index is 1900. The van der Waals surface area contributed by atoms with E-state index in [9.17, 15) is 0 Å². The number of ether oxygens (including phenoxy) is 2. The van der Waals surface area contributed by atoms with Crippen LogP contribution in [-0.4, -0.2) is 6.71 Å². The highest BCUT2D eigenvalue weighted by Gasteiger charge is 2.42. The fourth-order valence-electron chi connectivity index (χ4n) is 6.66. The number of allylic oxidation sites excluding steroid dienone is 4. The molecule has 0 N–H and O–H groups in total. The van der Waals surface area contributed by atoms with Crippen molar-refractivity contribution < 1.29 is 9.47 Å². The lowest BCUT2D eigenvalue weighted by Crippen LogP contribution is -2.51. The minimum atomic E-state index is 0.111. The molecule has 196 valence electrons. The third-order valence-electron chi connectivity index (χ3n) is 8.72. The van der Waals surface area contributed by atoms with Gasteiger partial charge in [0.15, 0.2) is 0 Å². The van der Waals surface area contributed by atoms with Crippen LogP contribution in [0.1, 0.15) is 18.9 Å². The smallest absolute Gasteiger partial charge is 0.260 e. The van der Waals surface area contributed by atoms with E-state index in [1.54, 1.807) is 0 Å². The van der Waals surface area contributed by atoms with E-state index in [0.717, 1.165) is 46.0 Å². The topological polar surface area (TPSA) is 18.5 Å². The molecular weight excluding hydrogens is 499 g/mol. The zero-order valence-electron chi connectivity index (χ0n) is 23.2. The van der Waals surface area contributed by atoms with Gasteiger partial charge in [-0.3, -0.25) is 0 Å². The van der Waals surface area contributed by atoms with E-state index in [0.29, 0.717) is 5.92 Å². The van der Waals surface area contributed by atoms with Gasteiger partial charge in [-0.25, -0.2) is 0 Å². The fraction of sp³-hybridized carbons (Fsp3) is 0.105. The number of hydrogen-bond acceptors (Lipinski definition) is 2. The molecule has 3 heteroatoms. The Morgan fingerprint density at radius 3 is 2.12 bits per heavy atom. The Labute approximate surface area is 241 Å². The summed E-state index contributed by atoms with van der Waals surface area (Å²) in [5.41, 5.74) is 11.9. The lowest BCUT2D eigenvalue weighted by molar-refractivity contribution is 0.351. The number of rotatable bonds is 3. The fourth-order valence-corrected chi connectivity index (χ4v) is 6.66. The van der Waals surface area contributed by atoms with E-state index >= 15 is 0 Å². The summed E-state index contributed by atoms with van der Waals surface area (Å²) in [4.78, 5) is 0. The zero-order valence-corrected chi connectivity index (χ0v) is 23.2. The molecule has 5 aromatic rings. The first kappa shape index (κ1) is 24.1. The van der Waals surface area contributed by atoms with Gasteiger partial charge < -0.3 is 9.47 Å². The highest BCUT2D eigenvalue weighted by atomic mass is 16.5. The molecule has 41 heavy (non-hydrogen) atoms. The maximum atomic E-state index is 6.77. The average Bonchev–Trinajstić information content (AvgIpc) is 3.01. The molecule has 0 amide bonds. The molecule has 2 heterocycles. The van der Waals surface area contributed by atoms with Gasteiger partial charge in [0.25, 0.3) is 6.71 Å². The van der Waals surface area contributed by atoms with Crippen molar-refractivity contribution in [1.29, 1.82) is 0 Å².